The van der Waals surface area contributed by atoms with Gasteiger partial charge in [-0.3, -0.25) is 0 Å². The number of fused-ring (bicyclic) bond motifs is 1. The number of carbonyl (C=O) groups is 3. The van der Waals surface area contributed by atoms with Gasteiger partial charge in [-0.25, -0.2) is 0 Å². The van der Waals surface area contributed by atoms with Gasteiger partial charge in [0.05, 0.1) is 0 Å². The molecule has 3 rings (SSSR count). The molecule has 0 unspecified atom stereocenters. The van der Waals surface area contributed by atoms with E-state index in [1.54, 1.807) is 24.3 Å². The van der Waals surface area contributed by atoms with Crippen molar-refractivity contribution in [1.29, 1.82) is 0 Å². The van der Waals surface area contributed by atoms with Crippen molar-refractivity contribution in [1.82, 2.24) is 4.90 Å². The maximum atomic E-state index is 12.2. The predicted molar refractivity (Wildman–Crippen MR) is 87.9 cm³/mol. The Hall–Kier alpha value is -2.23. The van der Waals surface area contributed by atoms with Crippen LogP contribution in [0.25, 0.3) is 0 Å². The number of hydrogen-bond acceptors (Lipinski definition) is 3. The van der Waals surface area contributed by atoms with E-state index < -0.39 is 0 Å². The summed E-state index contributed by atoms with van der Waals surface area (Å²) in [5, 5.41) is 0. The zero-order valence-electron chi connectivity index (χ0n) is 12.4. The van der Waals surface area contributed by atoms with Crippen LogP contribution in [-0.2, 0) is 4.79 Å². The van der Waals surface area contributed by atoms with Crippen molar-refractivity contribution in [3.63, 3.8) is 0 Å². The van der Waals surface area contributed by atoms with Crippen molar-refractivity contribution in [2.24, 2.45) is 0 Å². The van der Waals surface area contributed by atoms with Gasteiger partial charge in [-0.2, -0.15) is 0 Å². The minimum absolute atomic E-state index is 0.181. The number of nitrogens with zero attached hydrogens (tertiary/aromatic N) is 1. The first-order valence-corrected chi connectivity index (χ1v) is 9.09. The van der Waals surface area contributed by atoms with Crippen LogP contribution in [0.3, 0.4) is 0 Å². The fraction of sp³-hybridized carbons (Fsp3) is 0.167. The summed E-state index contributed by atoms with van der Waals surface area (Å²) in [6.07, 6.45) is 0.904. The standard InChI is InChI=1S/C18H15NO3Se/c20-16(23-13-7-2-1-3-8-13)11-6-12-19-17(21)14-9-4-5-10-15(14)18(19)22/h1-5,7-10H,6,11-12H2. The Labute approximate surface area is 140 Å². The van der Waals surface area contributed by atoms with Gasteiger partial charge in [0.15, 0.2) is 0 Å². The quantitative estimate of drug-likeness (QED) is 0.572. The third-order valence-electron chi connectivity index (χ3n) is 3.62. The molecule has 0 spiro atoms. The molecule has 5 heteroatoms. The topological polar surface area (TPSA) is 54.5 Å². The summed E-state index contributed by atoms with van der Waals surface area (Å²) in [6.45, 7) is 0.295. The molecule has 0 saturated heterocycles. The molecule has 4 nitrogen and oxygen atoms in total. The monoisotopic (exact) mass is 373 g/mol. The van der Waals surface area contributed by atoms with Gasteiger partial charge in [-0.1, -0.05) is 0 Å². The van der Waals surface area contributed by atoms with Crippen molar-refractivity contribution in [2.45, 2.75) is 12.8 Å². The first-order valence-electron chi connectivity index (χ1n) is 7.38. The normalized spacial score (nSPS) is 13.3. The van der Waals surface area contributed by atoms with E-state index in [2.05, 4.69) is 0 Å². The van der Waals surface area contributed by atoms with E-state index in [9.17, 15) is 14.4 Å². The molecule has 0 radical (unpaired) electrons. The zero-order valence-corrected chi connectivity index (χ0v) is 14.1. The summed E-state index contributed by atoms with van der Waals surface area (Å²) < 4.78 is 1.23. The molecular formula is C18H15NO3Se. The van der Waals surface area contributed by atoms with Crippen molar-refractivity contribution in [3.05, 3.63) is 65.7 Å². The van der Waals surface area contributed by atoms with Crippen LogP contribution in [0.4, 0.5) is 0 Å². The van der Waals surface area contributed by atoms with Gasteiger partial charge in [0.2, 0.25) is 0 Å². The Morgan fingerprint density at radius 2 is 1.43 bits per heavy atom. The molecule has 23 heavy (non-hydrogen) atoms. The van der Waals surface area contributed by atoms with Gasteiger partial charge in [-0.15, -0.1) is 0 Å². The zero-order chi connectivity index (χ0) is 16.2. The molecule has 0 aliphatic carbocycles. The number of carbonyl (C=O) groups excluding carboxylic acids is 3. The molecule has 0 N–H and O–H groups in total. The summed E-state index contributed by atoms with van der Waals surface area (Å²) in [5.41, 5.74) is 0.912. The molecular weight excluding hydrogens is 357 g/mol. The molecule has 2 aromatic rings. The van der Waals surface area contributed by atoms with Gasteiger partial charge in [0.1, 0.15) is 0 Å². The van der Waals surface area contributed by atoms with Crippen LogP contribution >= 0.6 is 0 Å². The molecule has 1 heterocycles. The fourth-order valence-electron chi connectivity index (χ4n) is 2.49. The summed E-state index contributed by atoms with van der Waals surface area (Å²) in [5.74, 6) is -0.516. The summed E-state index contributed by atoms with van der Waals surface area (Å²) in [4.78, 5) is 37.6. The van der Waals surface area contributed by atoms with Gasteiger partial charge in [0, 0.05) is 0 Å². The van der Waals surface area contributed by atoms with Crippen LogP contribution in [0, 0.1) is 0 Å². The number of imide groups is 1. The Balaban J connectivity index is 1.53. The van der Waals surface area contributed by atoms with E-state index in [-0.39, 0.29) is 31.5 Å². The van der Waals surface area contributed by atoms with Gasteiger partial charge in [0.25, 0.3) is 0 Å². The van der Waals surface area contributed by atoms with Crippen molar-refractivity contribution < 1.29 is 14.4 Å². The van der Waals surface area contributed by atoms with Crippen molar-refractivity contribution >= 4 is 35.9 Å². The summed E-state index contributed by atoms with van der Waals surface area (Å²) in [7, 11) is 0. The van der Waals surface area contributed by atoms with Gasteiger partial charge >= 0.3 is 140 Å². The second kappa shape index (κ2) is 6.90. The van der Waals surface area contributed by atoms with E-state index in [0.717, 1.165) is 4.46 Å². The van der Waals surface area contributed by atoms with E-state index in [4.69, 9.17) is 0 Å². The third kappa shape index (κ3) is 3.41. The maximum absolute atomic E-state index is 12.2. The molecule has 1 aliphatic heterocycles. The van der Waals surface area contributed by atoms with Crippen LogP contribution in [0.5, 0.6) is 0 Å². The van der Waals surface area contributed by atoms with E-state index in [0.29, 0.717) is 30.5 Å². The SMILES string of the molecule is O=C(CCCN1C(=O)c2ccccc2C1=O)[Se]c1ccccc1. The average molecular weight is 372 g/mol. The van der Waals surface area contributed by atoms with Crippen molar-refractivity contribution in [3.8, 4) is 0 Å². The fourth-order valence-corrected chi connectivity index (χ4v) is 4.18. The Kier molecular flexibility index (Phi) is 4.70. The van der Waals surface area contributed by atoms with Crippen LogP contribution in [0.15, 0.2) is 54.6 Å². The molecule has 2 aromatic carbocycles. The Morgan fingerprint density at radius 1 is 0.870 bits per heavy atom. The molecule has 2 amide bonds. The van der Waals surface area contributed by atoms with Crippen LogP contribution in [-0.4, -0.2) is 42.9 Å². The van der Waals surface area contributed by atoms with Crippen LogP contribution in [0.2, 0.25) is 0 Å². The third-order valence-corrected chi connectivity index (χ3v) is 5.59. The van der Waals surface area contributed by atoms with Crippen molar-refractivity contribution in [2.75, 3.05) is 6.54 Å². The number of benzene rings is 2. The Morgan fingerprint density at radius 3 is 2.04 bits per heavy atom. The summed E-state index contributed by atoms with van der Waals surface area (Å²) >= 11 is -0.205. The van der Waals surface area contributed by atoms with Gasteiger partial charge in [-0.05, 0) is 0 Å². The Bertz CT molecular complexity index is 723. The molecule has 0 saturated carbocycles. The number of amides is 2. The van der Waals surface area contributed by atoms with Crippen LogP contribution in [0.1, 0.15) is 33.6 Å². The molecule has 0 aromatic heterocycles. The first-order chi connectivity index (χ1) is 11.2. The minimum atomic E-state index is -0.258. The molecule has 1 aliphatic rings. The number of rotatable bonds is 6. The molecule has 116 valence electrons. The molecule has 0 fully saturated rings. The predicted octanol–water partition coefficient (Wildman–Crippen LogP) is 1.62. The van der Waals surface area contributed by atoms with E-state index >= 15 is 0 Å². The molecule has 0 bridgehead atoms. The number of hydrogen-bond donors (Lipinski definition) is 0. The first kappa shape index (κ1) is 15.7. The van der Waals surface area contributed by atoms with E-state index in [1.807, 2.05) is 30.3 Å². The average Bonchev–Trinajstić information content (AvgIpc) is 2.81. The summed E-state index contributed by atoms with van der Waals surface area (Å²) in [6, 6.07) is 16.5. The second-order valence-electron chi connectivity index (χ2n) is 5.20. The molecule has 0 atom stereocenters. The van der Waals surface area contributed by atoms with E-state index in [1.165, 1.54) is 4.90 Å². The van der Waals surface area contributed by atoms with Crippen LogP contribution < -0.4 is 4.46 Å². The second-order valence-corrected chi connectivity index (χ2v) is 7.57. The van der Waals surface area contributed by atoms with Gasteiger partial charge < -0.3 is 0 Å².